The third-order valence-corrected chi connectivity index (χ3v) is 4.54. The molecule has 3 rings (SSSR count). The third-order valence-electron chi connectivity index (χ3n) is 3.57. The van der Waals surface area contributed by atoms with Crippen molar-refractivity contribution in [1.82, 2.24) is 9.97 Å². The Bertz CT molecular complexity index is 426. The highest BCUT2D eigenvalue weighted by atomic mass is 32.2. The Morgan fingerprint density at radius 1 is 1.31 bits per heavy atom. The molecule has 0 radical (unpaired) electrons. The van der Waals surface area contributed by atoms with Gasteiger partial charge in [0.25, 0.3) is 0 Å². The quantitative estimate of drug-likeness (QED) is 0.850. The van der Waals surface area contributed by atoms with E-state index in [1.807, 2.05) is 11.8 Å². The lowest BCUT2D eigenvalue weighted by molar-refractivity contribution is -0.0846. The molecular weight excluding hydrogens is 222 g/mol. The Hall–Kier alpha value is -0.810. The lowest BCUT2D eigenvalue weighted by Crippen LogP contribution is -2.38. The molecule has 2 N–H and O–H groups in total. The smallest absolute Gasteiger partial charge is 0.162 e. The van der Waals surface area contributed by atoms with E-state index < -0.39 is 0 Å². The molecule has 0 bridgehead atoms. The molecule has 0 amide bonds. The molecule has 4 nitrogen and oxygen atoms in total. The summed E-state index contributed by atoms with van der Waals surface area (Å²) in [5.74, 6) is 3.34. The molecule has 16 heavy (non-hydrogen) atoms. The van der Waals surface area contributed by atoms with E-state index in [-0.39, 0.29) is 5.60 Å². The lowest BCUT2D eigenvalue weighted by atomic mass is 9.79. The third kappa shape index (κ3) is 1.34. The van der Waals surface area contributed by atoms with E-state index in [4.69, 9.17) is 10.5 Å². The van der Waals surface area contributed by atoms with Crippen LogP contribution in [0.3, 0.4) is 0 Å². The van der Waals surface area contributed by atoms with E-state index >= 15 is 0 Å². The van der Waals surface area contributed by atoms with Crippen LogP contribution in [0.15, 0.2) is 0 Å². The van der Waals surface area contributed by atoms with Crippen LogP contribution in [-0.4, -0.2) is 17.1 Å². The molecule has 1 fully saturated rings. The lowest BCUT2D eigenvalue weighted by Gasteiger charge is -2.39. The first-order chi connectivity index (χ1) is 7.75. The van der Waals surface area contributed by atoms with Crippen molar-refractivity contribution in [3.8, 4) is 0 Å². The van der Waals surface area contributed by atoms with Gasteiger partial charge in [0.1, 0.15) is 11.4 Å². The molecule has 0 saturated heterocycles. The largest absolute Gasteiger partial charge is 0.383 e. The van der Waals surface area contributed by atoms with E-state index in [2.05, 4.69) is 9.97 Å². The first kappa shape index (κ1) is 10.4. The molecule has 5 heteroatoms. The molecule has 86 valence electrons. The molecule has 1 aliphatic carbocycles. The highest BCUT2D eigenvalue weighted by Crippen LogP contribution is 2.44. The van der Waals surface area contributed by atoms with Crippen molar-refractivity contribution >= 4 is 17.6 Å². The number of methoxy groups -OCH3 is 1. The molecule has 1 aromatic rings. The fourth-order valence-corrected chi connectivity index (χ4v) is 3.35. The Labute approximate surface area is 99.0 Å². The standard InChI is InChI=1S/C11H15N3OS/c1-15-11(3-2-4-11)10-13-8-6-16-5-7(8)9(12)14-10/h2-6H2,1H3,(H2,12,13,14). The zero-order valence-corrected chi connectivity index (χ0v) is 10.1. The first-order valence-corrected chi connectivity index (χ1v) is 6.69. The average molecular weight is 237 g/mol. The number of aromatic nitrogens is 2. The molecule has 1 saturated carbocycles. The summed E-state index contributed by atoms with van der Waals surface area (Å²) >= 11 is 1.85. The van der Waals surface area contributed by atoms with Crippen LogP contribution in [-0.2, 0) is 21.8 Å². The number of fused-ring (bicyclic) bond motifs is 1. The van der Waals surface area contributed by atoms with Gasteiger partial charge in [-0.25, -0.2) is 9.97 Å². The van der Waals surface area contributed by atoms with Gasteiger partial charge in [0.15, 0.2) is 5.82 Å². The summed E-state index contributed by atoms with van der Waals surface area (Å²) in [5, 5.41) is 0. The molecule has 1 aromatic heterocycles. The van der Waals surface area contributed by atoms with Crippen LogP contribution in [0.2, 0.25) is 0 Å². The number of hydrogen-bond acceptors (Lipinski definition) is 5. The van der Waals surface area contributed by atoms with E-state index in [9.17, 15) is 0 Å². The van der Waals surface area contributed by atoms with Crippen LogP contribution in [0.4, 0.5) is 5.82 Å². The predicted octanol–water partition coefficient (Wildman–Crippen LogP) is 1.83. The minimum atomic E-state index is -0.254. The molecule has 2 aliphatic rings. The molecule has 0 unspecified atom stereocenters. The molecular formula is C11H15N3OS. The van der Waals surface area contributed by atoms with Gasteiger partial charge in [0, 0.05) is 24.2 Å². The summed E-state index contributed by atoms with van der Waals surface area (Å²) < 4.78 is 5.59. The van der Waals surface area contributed by atoms with Crippen LogP contribution in [0.5, 0.6) is 0 Å². The first-order valence-electron chi connectivity index (χ1n) is 5.54. The zero-order chi connectivity index (χ0) is 11.2. The second-order valence-corrected chi connectivity index (χ2v) is 5.39. The Morgan fingerprint density at radius 2 is 2.12 bits per heavy atom. The Kier molecular flexibility index (Phi) is 2.33. The zero-order valence-electron chi connectivity index (χ0n) is 9.32. The van der Waals surface area contributed by atoms with Gasteiger partial charge < -0.3 is 10.5 Å². The van der Waals surface area contributed by atoms with Gasteiger partial charge >= 0.3 is 0 Å². The summed E-state index contributed by atoms with van der Waals surface area (Å²) in [6, 6.07) is 0. The Balaban J connectivity index is 2.05. The summed E-state index contributed by atoms with van der Waals surface area (Å²) in [5.41, 5.74) is 7.96. The van der Waals surface area contributed by atoms with Crippen LogP contribution in [0.25, 0.3) is 0 Å². The van der Waals surface area contributed by atoms with Gasteiger partial charge in [-0.05, 0) is 19.3 Å². The SMILES string of the molecule is COC1(c2nc(N)c3c(n2)CSC3)CCC1. The molecule has 0 spiro atoms. The molecule has 0 aromatic carbocycles. The van der Waals surface area contributed by atoms with Crippen molar-refractivity contribution in [2.24, 2.45) is 0 Å². The highest BCUT2D eigenvalue weighted by Gasteiger charge is 2.42. The topological polar surface area (TPSA) is 61.0 Å². The number of ether oxygens (including phenoxy) is 1. The van der Waals surface area contributed by atoms with Gasteiger partial charge in [-0.1, -0.05) is 0 Å². The number of thioether (sulfide) groups is 1. The number of nitrogen functional groups attached to an aromatic ring is 1. The predicted molar refractivity (Wildman–Crippen MR) is 64.0 cm³/mol. The monoisotopic (exact) mass is 237 g/mol. The maximum absolute atomic E-state index is 5.98. The maximum Gasteiger partial charge on any atom is 0.162 e. The van der Waals surface area contributed by atoms with E-state index in [0.717, 1.165) is 41.4 Å². The van der Waals surface area contributed by atoms with E-state index in [0.29, 0.717) is 5.82 Å². The van der Waals surface area contributed by atoms with Crippen LogP contribution in [0.1, 0.15) is 36.3 Å². The highest BCUT2D eigenvalue weighted by molar-refractivity contribution is 7.98. The van der Waals surface area contributed by atoms with Crippen molar-refractivity contribution in [1.29, 1.82) is 0 Å². The fourth-order valence-electron chi connectivity index (χ4n) is 2.30. The fraction of sp³-hybridized carbons (Fsp3) is 0.636. The summed E-state index contributed by atoms with van der Waals surface area (Å²) in [7, 11) is 1.74. The van der Waals surface area contributed by atoms with Crippen LogP contribution in [0, 0.1) is 0 Å². The van der Waals surface area contributed by atoms with Crippen LogP contribution < -0.4 is 5.73 Å². The van der Waals surface area contributed by atoms with Crippen molar-refractivity contribution < 1.29 is 4.74 Å². The number of anilines is 1. The van der Waals surface area contributed by atoms with Gasteiger partial charge in [-0.3, -0.25) is 0 Å². The van der Waals surface area contributed by atoms with Gasteiger partial charge in [0.05, 0.1) is 5.69 Å². The minimum Gasteiger partial charge on any atom is -0.383 e. The normalized spacial score (nSPS) is 21.6. The number of nitrogens with two attached hydrogens (primary N) is 1. The van der Waals surface area contributed by atoms with Crippen molar-refractivity contribution in [2.75, 3.05) is 12.8 Å². The molecule has 0 atom stereocenters. The number of hydrogen-bond donors (Lipinski definition) is 1. The average Bonchev–Trinajstić information content (AvgIpc) is 2.65. The van der Waals surface area contributed by atoms with Crippen LogP contribution >= 0.6 is 11.8 Å². The molecule has 1 aliphatic heterocycles. The van der Waals surface area contributed by atoms with Gasteiger partial charge in [-0.15, -0.1) is 0 Å². The van der Waals surface area contributed by atoms with Gasteiger partial charge in [0.2, 0.25) is 0 Å². The maximum atomic E-state index is 5.98. The second kappa shape index (κ2) is 3.60. The second-order valence-electron chi connectivity index (χ2n) is 4.40. The number of rotatable bonds is 2. The minimum absolute atomic E-state index is 0.254. The van der Waals surface area contributed by atoms with Crippen molar-refractivity contribution in [2.45, 2.75) is 36.4 Å². The van der Waals surface area contributed by atoms with Crippen molar-refractivity contribution in [3.63, 3.8) is 0 Å². The van der Waals surface area contributed by atoms with Crippen molar-refractivity contribution in [3.05, 3.63) is 17.1 Å². The van der Waals surface area contributed by atoms with E-state index in [1.165, 1.54) is 6.42 Å². The van der Waals surface area contributed by atoms with Gasteiger partial charge in [-0.2, -0.15) is 11.8 Å². The Morgan fingerprint density at radius 3 is 2.75 bits per heavy atom. The number of nitrogens with zero attached hydrogens (tertiary/aromatic N) is 2. The molecule has 2 heterocycles. The van der Waals surface area contributed by atoms with E-state index in [1.54, 1.807) is 7.11 Å². The summed E-state index contributed by atoms with van der Waals surface area (Å²) in [6.45, 7) is 0. The summed E-state index contributed by atoms with van der Waals surface area (Å²) in [6.07, 6.45) is 3.20. The summed E-state index contributed by atoms with van der Waals surface area (Å²) in [4.78, 5) is 9.08.